The standard InChI is InChI=1S/C33H22N4S/c1-2-8-32-29(7-1)36-33(38-32)25-11-9-23(10-12-25)24-13-15-28(16-14-24)37-30(26-5-3-19-34-21-26)17-18-31(37)27-6-4-20-35-22-27/h1-22H. The summed E-state index contributed by atoms with van der Waals surface area (Å²) in [6.07, 6.45) is 7.41. The lowest BCUT2D eigenvalue weighted by molar-refractivity contribution is 1.09. The van der Waals surface area contributed by atoms with Gasteiger partial charge in [-0.3, -0.25) is 9.97 Å². The van der Waals surface area contributed by atoms with Crippen molar-refractivity contribution < 1.29 is 0 Å². The molecule has 0 radical (unpaired) electrons. The fourth-order valence-electron chi connectivity index (χ4n) is 4.80. The third-order valence-electron chi connectivity index (χ3n) is 6.68. The van der Waals surface area contributed by atoms with Gasteiger partial charge in [0.05, 0.1) is 21.6 Å². The van der Waals surface area contributed by atoms with Crippen molar-refractivity contribution >= 4 is 21.6 Å². The molecule has 0 N–H and O–H groups in total. The van der Waals surface area contributed by atoms with E-state index < -0.39 is 0 Å². The summed E-state index contributed by atoms with van der Waals surface area (Å²) >= 11 is 1.73. The van der Waals surface area contributed by atoms with Crippen molar-refractivity contribution in [2.75, 3.05) is 0 Å². The highest BCUT2D eigenvalue weighted by atomic mass is 32.1. The second-order valence-corrected chi connectivity index (χ2v) is 10.1. The normalized spacial score (nSPS) is 11.2. The van der Waals surface area contributed by atoms with Crippen molar-refractivity contribution in [1.29, 1.82) is 0 Å². The van der Waals surface area contributed by atoms with Crippen molar-refractivity contribution in [1.82, 2.24) is 19.5 Å². The maximum Gasteiger partial charge on any atom is 0.124 e. The molecule has 4 nitrogen and oxygen atoms in total. The van der Waals surface area contributed by atoms with Gasteiger partial charge in [-0.1, -0.05) is 48.5 Å². The molecule has 0 saturated carbocycles. The van der Waals surface area contributed by atoms with E-state index in [-0.39, 0.29) is 0 Å². The molecule has 3 aromatic carbocycles. The maximum absolute atomic E-state index is 4.80. The molecule has 0 fully saturated rings. The lowest BCUT2D eigenvalue weighted by Gasteiger charge is -2.15. The third-order valence-corrected chi connectivity index (χ3v) is 7.77. The summed E-state index contributed by atoms with van der Waals surface area (Å²) in [5, 5.41) is 1.05. The molecule has 4 heterocycles. The lowest BCUT2D eigenvalue weighted by atomic mass is 10.0. The van der Waals surface area contributed by atoms with E-state index in [4.69, 9.17) is 4.98 Å². The minimum Gasteiger partial charge on any atom is -0.309 e. The average molecular weight is 507 g/mol. The van der Waals surface area contributed by atoms with E-state index in [0.717, 1.165) is 44.3 Å². The molecule has 0 saturated heterocycles. The van der Waals surface area contributed by atoms with Gasteiger partial charge in [-0.25, -0.2) is 4.98 Å². The number of fused-ring (bicyclic) bond motifs is 1. The zero-order chi connectivity index (χ0) is 25.3. The van der Waals surface area contributed by atoms with Crippen LogP contribution in [0, 0.1) is 0 Å². The van der Waals surface area contributed by atoms with Gasteiger partial charge < -0.3 is 4.57 Å². The van der Waals surface area contributed by atoms with E-state index in [1.807, 2.05) is 30.6 Å². The van der Waals surface area contributed by atoms with Gasteiger partial charge in [0.15, 0.2) is 0 Å². The summed E-state index contributed by atoms with van der Waals surface area (Å²) < 4.78 is 3.48. The van der Waals surface area contributed by atoms with Crippen LogP contribution in [0.5, 0.6) is 0 Å². The largest absolute Gasteiger partial charge is 0.309 e. The highest BCUT2D eigenvalue weighted by Crippen LogP contribution is 2.34. The Morgan fingerprint density at radius 2 is 1.08 bits per heavy atom. The number of hydrogen-bond donors (Lipinski definition) is 0. The van der Waals surface area contributed by atoms with Crippen LogP contribution in [0.15, 0.2) is 134 Å². The molecule has 0 aliphatic heterocycles. The molecule has 0 amide bonds. The number of aromatic nitrogens is 4. The molecule has 4 aromatic heterocycles. The molecule has 7 rings (SSSR count). The quantitative estimate of drug-likeness (QED) is 0.235. The molecule has 0 bridgehead atoms. The van der Waals surface area contributed by atoms with E-state index in [0.29, 0.717) is 0 Å². The number of hydrogen-bond acceptors (Lipinski definition) is 4. The first-order valence-corrected chi connectivity index (χ1v) is 13.2. The molecule has 0 aliphatic rings. The molecule has 5 heteroatoms. The minimum absolute atomic E-state index is 1.05. The second-order valence-electron chi connectivity index (χ2n) is 9.03. The molecular weight excluding hydrogens is 484 g/mol. The topological polar surface area (TPSA) is 43.6 Å². The Morgan fingerprint density at radius 3 is 1.66 bits per heavy atom. The van der Waals surface area contributed by atoms with Crippen LogP contribution in [-0.4, -0.2) is 19.5 Å². The van der Waals surface area contributed by atoms with Crippen LogP contribution in [-0.2, 0) is 0 Å². The lowest BCUT2D eigenvalue weighted by Crippen LogP contribution is -1.99. The number of nitrogens with zero attached hydrogens (tertiary/aromatic N) is 4. The van der Waals surface area contributed by atoms with Gasteiger partial charge in [0.1, 0.15) is 5.01 Å². The Morgan fingerprint density at radius 1 is 0.500 bits per heavy atom. The third kappa shape index (κ3) is 4.09. The van der Waals surface area contributed by atoms with Gasteiger partial charge in [0, 0.05) is 47.2 Å². The Kier molecular flexibility index (Phi) is 5.61. The van der Waals surface area contributed by atoms with E-state index in [2.05, 4.69) is 106 Å². The van der Waals surface area contributed by atoms with Gasteiger partial charge in [-0.15, -0.1) is 11.3 Å². The summed E-state index contributed by atoms with van der Waals surface area (Å²) in [6, 6.07) is 38.1. The molecule has 38 heavy (non-hydrogen) atoms. The van der Waals surface area contributed by atoms with E-state index >= 15 is 0 Å². The molecule has 180 valence electrons. The maximum atomic E-state index is 4.80. The summed E-state index contributed by atoms with van der Waals surface area (Å²) in [5.74, 6) is 0. The first kappa shape index (κ1) is 22.3. The van der Waals surface area contributed by atoms with Gasteiger partial charge in [-0.05, 0) is 71.8 Å². The first-order valence-electron chi connectivity index (χ1n) is 12.4. The minimum atomic E-state index is 1.05. The molecule has 0 spiro atoms. The summed E-state index contributed by atoms with van der Waals surface area (Å²) in [7, 11) is 0. The van der Waals surface area contributed by atoms with Crippen molar-refractivity contribution in [2.24, 2.45) is 0 Å². The first-order chi connectivity index (χ1) is 18.8. The van der Waals surface area contributed by atoms with E-state index in [1.165, 1.54) is 15.8 Å². The SMILES string of the molecule is c1cncc(-c2ccc(-c3cccnc3)n2-c2ccc(-c3ccc(-c4nc5ccccc5s4)cc3)cc2)c1. The number of benzene rings is 3. The zero-order valence-electron chi connectivity index (χ0n) is 20.4. The molecule has 0 atom stereocenters. The molecule has 0 aliphatic carbocycles. The van der Waals surface area contributed by atoms with Crippen LogP contribution in [0.25, 0.3) is 60.1 Å². The van der Waals surface area contributed by atoms with Gasteiger partial charge in [-0.2, -0.15) is 0 Å². The van der Waals surface area contributed by atoms with Crippen molar-refractivity contribution in [3.05, 3.63) is 134 Å². The van der Waals surface area contributed by atoms with Crippen LogP contribution in [0.4, 0.5) is 0 Å². The summed E-state index contributed by atoms with van der Waals surface area (Å²) in [6.45, 7) is 0. The Balaban J connectivity index is 1.24. The van der Waals surface area contributed by atoms with Crippen LogP contribution in [0.1, 0.15) is 0 Å². The summed E-state index contributed by atoms with van der Waals surface area (Å²) in [5.41, 5.74) is 9.93. The summed E-state index contributed by atoms with van der Waals surface area (Å²) in [4.78, 5) is 13.5. The number of thiazole rings is 1. The van der Waals surface area contributed by atoms with Gasteiger partial charge in [0.25, 0.3) is 0 Å². The van der Waals surface area contributed by atoms with E-state index in [9.17, 15) is 0 Å². The Bertz CT molecular complexity index is 1750. The van der Waals surface area contributed by atoms with Crippen molar-refractivity contribution in [3.8, 4) is 49.9 Å². The van der Waals surface area contributed by atoms with Crippen molar-refractivity contribution in [2.45, 2.75) is 0 Å². The fourth-order valence-corrected chi connectivity index (χ4v) is 5.77. The highest BCUT2D eigenvalue weighted by Gasteiger charge is 2.14. The van der Waals surface area contributed by atoms with Gasteiger partial charge in [0.2, 0.25) is 0 Å². The van der Waals surface area contributed by atoms with Crippen LogP contribution >= 0.6 is 11.3 Å². The Labute approximate surface area is 224 Å². The highest BCUT2D eigenvalue weighted by molar-refractivity contribution is 7.21. The molecule has 7 aromatic rings. The van der Waals surface area contributed by atoms with Gasteiger partial charge >= 0.3 is 0 Å². The number of rotatable bonds is 5. The monoisotopic (exact) mass is 506 g/mol. The second kappa shape index (κ2) is 9.54. The number of pyridine rings is 2. The predicted molar refractivity (Wildman–Crippen MR) is 156 cm³/mol. The zero-order valence-corrected chi connectivity index (χ0v) is 21.2. The smallest absolute Gasteiger partial charge is 0.124 e. The predicted octanol–water partition coefficient (Wildman–Crippen LogP) is 8.55. The fraction of sp³-hybridized carbons (Fsp3) is 0. The Hall–Kier alpha value is -4.87. The van der Waals surface area contributed by atoms with Crippen LogP contribution in [0.3, 0.4) is 0 Å². The average Bonchev–Trinajstić information content (AvgIpc) is 3.64. The number of para-hydroxylation sites is 1. The molecule has 0 unspecified atom stereocenters. The van der Waals surface area contributed by atoms with E-state index in [1.54, 1.807) is 23.7 Å². The van der Waals surface area contributed by atoms with Crippen LogP contribution in [0.2, 0.25) is 0 Å². The van der Waals surface area contributed by atoms with Crippen molar-refractivity contribution in [3.63, 3.8) is 0 Å². The molecular formula is C33H22N4S. The van der Waals surface area contributed by atoms with Crippen LogP contribution < -0.4 is 0 Å².